The van der Waals surface area contributed by atoms with Gasteiger partial charge in [0.05, 0.1) is 10.0 Å². The van der Waals surface area contributed by atoms with Crippen LogP contribution in [0.1, 0.15) is 31.4 Å². The second-order valence-corrected chi connectivity index (χ2v) is 5.64. The molecule has 1 heterocycles. The molecule has 0 radical (unpaired) electrons. The summed E-state index contributed by atoms with van der Waals surface area (Å²) in [5.74, 6) is 0.467. The molecule has 18 heavy (non-hydrogen) atoms. The number of hydrogen-bond acceptors (Lipinski definition) is 2. The summed E-state index contributed by atoms with van der Waals surface area (Å²) >= 11 is 12.5. The van der Waals surface area contributed by atoms with Crippen molar-refractivity contribution >= 4 is 23.2 Å². The fourth-order valence-electron chi connectivity index (χ4n) is 2.95. The SMILES string of the molecule is CCN1CCCC(CN)C1c1cccc(Cl)c1Cl. The molecule has 0 saturated carbocycles. The van der Waals surface area contributed by atoms with E-state index in [9.17, 15) is 0 Å². The Balaban J connectivity index is 2.39. The van der Waals surface area contributed by atoms with E-state index in [0.29, 0.717) is 28.5 Å². The average molecular weight is 287 g/mol. The van der Waals surface area contributed by atoms with E-state index < -0.39 is 0 Å². The Morgan fingerprint density at radius 1 is 1.39 bits per heavy atom. The molecule has 1 fully saturated rings. The average Bonchev–Trinajstić information content (AvgIpc) is 2.41. The first kappa shape index (κ1) is 14.1. The van der Waals surface area contributed by atoms with Crippen molar-refractivity contribution < 1.29 is 0 Å². The van der Waals surface area contributed by atoms with Gasteiger partial charge in [0.2, 0.25) is 0 Å². The predicted molar refractivity (Wildman–Crippen MR) is 78.2 cm³/mol. The third kappa shape index (κ3) is 2.67. The summed E-state index contributed by atoms with van der Waals surface area (Å²) in [5.41, 5.74) is 7.06. The standard InChI is InChI=1S/C14H20Cl2N2/c1-2-18-8-4-5-10(9-17)14(18)11-6-3-7-12(15)13(11)16/h3,6-7,10,14H,2,4-5,8-9,17H2,1H3. The quantitative estimate of drug-likeness (QED) is 0.918. The zero-order chi connectivity index (χ0) is 13.1. The Morgan fingerprint density at radius 3 is 2.83 bits per heavy atom. The van der Waals surface area contributed by atoms with Gasteiger partial charge in [0, 0.05) is 6.04 Å². The number of piperidine rings is 1. The molecule has 0 aliphatic carbocycles. The van der Waals surface area contributed by atoms with Gasteiger partial charge < -0.3 is 5.73 Å². The summed E-state index contributed by atoms with van der Waals surface area (Å²) in [6.45, 7) is 5.01. The van der Waals surface area contributed by atoms with Gasteiger partial charge >= 0.3 is 0 Å². The number of benzene rings is 1. The summed E-state index contributed by atoms with van der Waals surface area (Å²) in [4.78, 5) is 2.46. The molecule has 2 nitrogen and oxygen atoms in total. The normalized spacial score (nSPS) is 25.3. The molecule has 0 amide bonds. The Hall–Kier alpha value is -0.280. The van der Waals surface area contributed by atoms with E-state index in [1.165, 1.54) is 12.8 Å². The maximum Gasteiger partial charge on any atom is 0.0640 e. The van der Waals surface area contributed by atoms with Gasteiger partial charge in [-0.15, -0.1) is 0 Å². The first-order chi connectivity index (χ1) is 8.69. The van der Waals surface area contributed by atoms with Crippen LogP contribution >= 0.6 is 23.2 Å². The summed E-state index contributed by atoms with van der Waals surface area (Å²) in [5, 5.41) is 1.31. The van der Waals surface area contributed by atoms with E-state index in [4.69, 9.17) is 28.9 Å². The summed E-state index contributed by atoms with van der Waals surface area (Å²) in [6, 6.07) is 6.19. The second kappa shape index (κ2) is 6.25. The third-order valence-electron chi connectivity index (χ3n) is 3.87. The zero-order valence-corrected chi connectivity index (χ0v) is 12.2. The first-order valence-electron chi connectivity index (χ1n) is 6.57. The van der Waals surface area contributed by atoms with E-state index in [1.54, 1.807) is 0 Å². The first-order valence-corrected chi connectivity index (χ1v) is 7.32. The van der Waals surface area contributed by atoms with Crippen molar-refractivity contribution in [3.8, 4) is 0 Å². The van der Waals surface area contributed by atoms with Crippen LogP contribution in [0.2, 0.25) is 10.0 Å². The van der Waals surface area contributed by atoms with Crippen LogP contribution in [0.25, 0.3) is 0 Å². The van der Waals surface area contributed by atoms with Gasteiger partial charge in [-0.3, -0.25) is 4.90 Å². The van der Waals surface area contributed by atoms with Crippen LogP contribution in [0.3, 0.4) is 0 Å². The van der Waals surface area contributed by atoms with E-state index in [2.05, 4.69) is 17.9 Å². The minimum Gasteiger partial charge on any atom is -0.330 e. The molecular formula is C14H20Cl2N2. The van der Waals surface area contributed by atoms with Gasteiger partial charge in [0.25, 0.3) is 0 Å². The highest BCUT2D eigenvalue weighted by atomic mass is 35.5. The molecule has 2 N–H and O–H groups in total. The maximum atomic E-state index is 6.37. The van der Waals surface area contributed by atoms with Crippen LogP contribution < -0.4 is 5.73 Å². The van der Waals surface area contributed by atoms with Crippen LogP contribution in [0, 0.1) is 5.92 Å². The molecule has 2 unspecified atom stereocenters. The maximum absolute atomic E-state index is 6.37. The van der Waals surface area contributed by atoms with Crippen molar-refractivity contribution in [1.82, 2.24) is 4.90 Å². The van der Waals surface area contributed by atoms with Crippen LogP contribution in [-0.2, 0) is 0 Å². The largest absolute Gasteiger partial charge is 0.330 e. The molecule has 2 atom stereocenters. The molecule has 0 aromatic heterocycles. The molecule has 1 saturated heterocycles. The number of nitrogens with two attached hydrogens (primary N) is 1. The molecule has 2 rings (SSSR count). The Bertz CT molecular complexity index is 397. The van der Waals surface area contributed by atoms with E-state index >= 15 is 0 Å². The summed E-state index contributed by atoms with van der Waals surface area (Å²) in [7, 11) is 0. The van der Waals surface area contributed by atoms with E-state index in [0.717, 1.165) is 18.7 Å². The molecule has 1 aromatic carbocycles. The van der Waals surface area contributed by atoms with Crippen molar-refractivity contribution in [2.24, 2.45) is 11.7 Å². The van der Waals surface area contributed by atoms with Crippen molar-refractivity contribution in [3.05, 3.63) is 33.8 Å². The van der Waals surface area contributed by atoms with Crippen LogP contribution in [0.5, 0.6) is 0 Å². The van der Waals surface area contributed by atoms with Crippen LogP contribution in [0.4, 0.5) is 0 Å². The molecule has 1 aliphatic heterocycles. The summed E-state index contributed by atoms with van der Waals surface area (Å²) < 4.78 is 0. The van der Waals surface area contributed by atoms with Crippen LogP contribution in [-0.4, -0.2) is 24.5 Å². The monoisotopic (exact) mass is 286 g/mol. The lowest BCUT2D eigenvalue weighted by Crippen LogP contribution is -2.41. The highest BCUT2D eigenvalue weighted by molar-refractivity contribution is 6.42. The highest BCUT2D eigenvalue weighted by Gasteiger charge is 2.32. The third-order valence-corrected chi connectivity index (χ3v) is 4.70. The lowest BCUT2D eigenvalue weighted by molar-refractivity contribution is 0.102. The molecule has 0 bridgehead atoms. The fraction of sp³-hybridized carbons (Fsp3) is 0.571. The summed E-state index contributed by atoms with van der Waals surface area (Å²) in [6.07, 6.45) is 2.38. The minimum absolute atomic E-state index is 0.306. The van der Waals surface area contributed by atoms with E-state index in [1.807, 2.05) is 12.1 Å². The smallest absolute Gasteiger partial charge is 0.0640 e. The lowest BCUT2D eigenvalue weighted by atomic mass is 9.84. The number of likely N-dealkylation sites (tertiary alicyclic amines) is 1. The molecule has 4 heteroatoms. The van der Waals surface area contributed by atoms with Crippen molar-refractivity contribution in [1.29, 1.82) is 0 Å². The molecule has 1 aliphatic rings. The van der Waals surface area contributed by atoms with Crippen molar-refractivity contribution in [2.75, 3.05) is 19.6 Å². The van der Waals surface area contributed by atoms with Crippen molar-refractivity contribution in [2.45, 2.75) is 25.8 Å². The fourth-order valence-corrected chi connectivity index (χ4v) is 3.37. The number of rotatable bonds is 3. The number of halogens is 2. The Kier molecular flexibility index (Phi) is 4.91. The number of nitrogens with zero attached hydrogens (tertiary/aromatic N) is 1. The van der Waals surface area contributed by atoms with Crippen LogP contribution in [0.15, 0.2) is 18.2 Å². The van der Waals surface area contributed by atoms with Crippen molar-refractivity contribution in [3.63, 3.8) is 0 Å². The Morgan fingerprint density at radius 2 is 2.17 bits per heavy atom. The second-order valence-electron chi connectivity index (χ2n) is 4.85. The molecule has 0 spiro atoms. The van der Waals surface area contributed by atoms with Gasteiger partial charge in [0.15, 0.2) is 0 Å². The zero-order valence-electron chi connectivity index (χ0n) is 10.7. The van der Waals surface area contributed by atoms with Gasteiger partial charge in [0.1, 0.15) is 0 Å². The van der Waals surface area contributed by atoms with Gasteiger partial charge in [-0.2, -0.15) is 0 Å². The Labute approximate surface area is 119 Å². The minimum atomic E-state index is 0.306. The molecular weight excluding hydrogens is 267 g/mol. The molecule has 100 valence electrons. The highest BCUT2D eigenvalue weighted by Crippen LogP contribution is 2.40. The molecule has 1 aromatic rings. The van der Waals surface area contributed by atoms with Gasteiger partial charge in [-0.25, -0.2) is 0 Å². The topological polar surface area (TPSA) is 29.3 Å². The van der Waals surface area contributed by atoms with E-state index in [-0.39, 0.29) is 0 Å². The lowest BCUT2D eigenvalue weighted by Gasteiger charge is -2.41. The van der Waals surface area contributed by atoms with Gasteiger partial charge in [-0.05, 0) is 50.0 Å². The number of hydrogen-bond donors (Lipinski definition) is 1. The predicted octanol–water partition coefficient (Wildman–Crippen LogP) is 3.73. The van der Waals surface area contributed by atoms with Gasteiger partial charge in [-0.1, -0.05) is 42.3 Å².